The summed E-state index contributed by atoms with van der Waals surface area (Å²) >= 11 is 1.52. The average Bonchev–Trinajstić information content (AvgIpc) is 2.84. The number of hydrogen-bond donors (Lipinski definition) is 0. The van der Waals surface area contributed by atoms with Crippen molar-refractivity contribution < 1.29 is 4.92 Å². The molecule has 1 aliphatic rings. The fraction of sp³-hybridized carbons (Fsp3) is 0.333. The van der Waals surface area contributed by atoms with E-state index in [4.69, 9.17) is 4.98 Å². The number of nitro groups is 1. The molecule has 5 nitrogen and oxygen atoms in total. The van der Waals surface area contributed by atoms with E-state index in [9.17, 15) is 15.4 Å². The van der Waals surface area contributed by atoms with Gasteiger partial charge in [0.25, 0.3) is 5.69 Å². The number of rotatable bonds is 4. The molecular formula is C18H17N3O2S. The van der Waals surface area contributed by atoms with Gasteiger partial charge in [-0.25, -0.2) is 4.98 Å². The number of nitro benzene ring substituents is 1. The van der Waals surface area contributed by atoms with Gasteiger partial charge in [0.05, 0.1) is 10.5 Å². The third-order valence-electron chi connectivity index (χ3n) is 4.16. The maximum atomic E-state index is 10.7. The van der Waals surface area contributed by atoms with Crippen molar-refractivity contribution in [1.82, 2.24) is 4.98 Å². The van der Waals surface area contributed by atoms with Gasteiger partial charge in [0.2, 0.25) is 0 Å². The third kappa shape index (κ3) is 3.74. The monoisotopic (exact) mass is 339 g/mol. The van der Waals surface area contributed by atoms with Gasteiger partial charge < -0.3 is 0 Å². The number of aromatic nitrogens is 1. The number of nitriles is 1. The van der Waals surface area contributed by atoms with E-state index >= 15 is 0 Å². The molecule has 1 heterocycles. The van der Waals surface area contributed by atoms with Gasteiger partial charge in [0, 0.05) is 23.6 Å². The van der Waals surface area contributed by atoms with Crippen LogP contribution >= 0.6 is 11.8 Å². The molecule has 1 aromatic heterocycles. The Kier molecular flexibility index (Phi) is 5.11. The summed E-state index contributed by atoms with van der Waals surface area (Å²) < 4.78 is 0. The van der Waals surface area contributed by atoms with E-state index in [2.05, 4.69) is 6.07 Å². The Morgan fingerprint density at radius 3 is 2.67 bits per heavy atom. The van der Waals surface area contributed by atoms with Crippen LogP contribution in [-0.4, -0.2) is 9.91 Å². The Morgan fingerprint density at radius 2 is 1.96 bits per heavy atom. The Hall–Kier alpha value is -2.39. The van der Waals surface area contributed by atoms with Crippen molar-refractivity contribution in [2.75, 3.05) is 0 Å². The Labute approximate surface area is 144 Å². The lowest BCUT2D eigenvalue weighted by Crippen LogP contribution is -2.00. The van der Waals surface area contributed by atoms with Crippen LogP contribution in [-0.2, 0) is 18.6 Å². The molecule has 0 radical (unpaired) electrons. The lowest BCUT2D eigenvalue weighted by atomic mass is 10.1. The van der Waals surface area contributed by atoms with Crippen molar-refractivity contribution in [3.8, 4) is 6.07 Å². The molecular weight excluding hydrogens is 322 g/mol. The first-order valence-corrected chi connectivity index (χ1v) is 8.95. The lowest BCUT2D eigenvalue weighted by Gasteiger charge is -2.10. The van der Waals surface area contributed by atoms with Crippen molar-refractivity contribution in [2.24, 2.45) is 0 Å². The zero-order chi connectivity index (χ0) is 16.9. The number of aryl methyl sites for hydroxylation is 2. The Morgan fingerprint density at radius 1 is 1.21 bits per heavy atom. The van der Waals surface area contributed by atoms with E-state index in [1.54, 1.807) is 12.1 Å². The number of fused-ring (bicyclic) bond motifs is 1. The summed E-state index contributed by atoms with van der Waals surface area (Å²) in [6.07, 6.45) is 5.51. The van der Waals surface area contributed by atoms with Gasteiger partial charge in [0.1, 0.15) is 11.1 Å². The number of nitrogens with zero attached hydrogens (tertiary/aromatic N) is 3. The van der Waals surface area contributed by atoms with Gasteiger partial charge in [-0.15, -0.1) is 11.8 Å². The summed E-state index contributed by atoms with van der Waals surface area (Å²) in [7, 11) is 0. The van der Waals surface area contributed by atoms with Crippen LogP contribution in [0.3, 0.4) is 0 Å². The van der Waals surface area contributed by atoms with Gasteiger partial charge in [0.15, 0.2) is 0 Å². The first-order chi connectivity index (χ1) is 11.7. The van der Waals surface area contributed by atoms with Crippen molar-refractivity contribution in [1.29, 1.82) is 5.26 Å². The van der Waals surface area contributed by atoms with E-state index in [1.165, 1.54) is 35.9 Å². The van der Waals surface area contributed by atoms with Gasteiger partial charge in [-0.1, -0.05) is 18.6 Å². The standard InChI is InChI=1S/C18H17N3O2S/c19-11-15-10-14-4-2-1-3-5-17(14)20-18(15)24-12-13-6-8-16(9-7-13)21(22)23/h6-10H,1-5,12H2. The van der Waals surface area contributed by atoms with Crippen molar-refractivity contribution in [3.63, 3.8) is 0 Å². The smallest absolute Gasteiger partial charge is 0.258 e. The van der Waals surface area contributed by atoms with Gasteiger partial charge in [-0.3, -0.25) is 10.1 Å². The average molecular weight is 339 g/mol. The van der Waals surface area contributed by atoms with Crippen molar-refractivity contribution in [2.45, 2.75) is 42.9 Å². The van der Waals surface area contributed by atoms with Crippen LogP contribution in [0.15, 0.2) is 35.4 Å². The summed E-state index contributed by atoms with van der Waals surface area (Å²) in [5.74, 6) is 0.637. The second-order valence-corrected chi connectivity index (χ2v) is 6.80. The zero-order valence-corrected chi connectivity index (χ0v) is 14.0. The summed E-state index contributed by atoms with van der Waals surface area (Å²) in [6, 6.07) is 10.8. The lowest BCUT2D eigenvalue weighted by molar-refractivity contribution is -0.384. The molecule has 0 bridgehead atoms. The number of pyridine rings is 1. The molecule has 1 aliphatic carbocycles. The third-order valence-corrected chi connectivity index (χ3v) is 5.22. The topological polar surface area (TPSA) is 79.8 Å². The summed E-state index contributed by atoms with van der Waals surface area (Å²) in [5.41, 5.74) is 4.03. The normalized spacial score (nSPS) is 13.6. The van der Waals surface area contributed by atoms with Crippen molar-refractivity contribution in [3.05, 3.63) is 62.8 Å². The van der Waals surface area contributed by atoms with E-state index in [1.807, 2.05) is 6.07 Å². The molecule has 0 saturated heterocycles. The summed E-state index contributed by atoms with van der Waals surface area (Å²) in [6.45, 7) is 0. The minimum Gasteiger partial charge on any atom is -0.258 e. The molecule has 0 amide bonds. The van der Waals surface area contributed by atoms with Crippen LogP contribution in [0, 0.1) is 21.4 Å². The Bertz CT molecular complexity index is 797. The van der Waals surface area contributed by atoms with Crippen LogP contribution in [0.1, 0.15) is 41.6 Å². The van der Waals surface area contributed by atoms with Crippen molar-refractivity contribution >= 4 is 17.4 Å². The second-order valence-electron chi connectivity index (χ2n) is 5.83. The number of thioether (sulfide) groups is 1. The second kappa shape index (κ2) is 7.45. The summed E-state index contributed by atoms with van der Waals surface area (Å²) in [4.78, 5) is 15.0. The van der Waals surface area contributed by atoms with Crippen LogP contribution in [0.5, 0.6) is 0 Å². The SMILES string of the molecule is N#Cc1cc2c(nc1SCc1ccc([N+](=O)[O-])cc1)CCCCC2. The minimum absolute atomic E-state index is 0.0876. The zero-order valence-electron chi connectivity index (χ0n) is 13.2. The molecule has 1 aromatic carbocycles. The number of non-ortho nitro benzene ring substituents is 1. The molecule has 0 fully saturated rings. The highest BCUT2D eigenvalue weighted by Gasteiger charge is 2.15. The van der Waals surface area contributed by atoms with E-state index in [0.717, 1.165) is 42.0 Å². The van der Waals surface area contributed by atoms with E-state index < -0.39 is 4.92 Å². The fourth-order valence-corrected chi connectivity index (χ4v) is 3.78. The first-order valence-electron chi connectivity index (χ1n) is 7.96. The highest BCUT2D eigenvalue weighted by molar-refractivity contribution is 7.98. The Balaban J connectivity index is 1.78. The van der Waals surface area contributed by atoms with Gasteiger partial charge in [-0.2, -0.15) is 5.26 Å². The van der Waals surface area contributed by atoms with Crippen LogP contribution in [0.2, 0.25) is 0 Å². The largest absolute Gasteiger partial charge is 0.269 e. The molecule has 0 unspecified atom stereocenters. The highest BCUT2D eigenvalue weighted by Crippen LogP contribution is 2.29. The molecule has 0 aliphatic heterocycles. The fourth-order valence-electron chi connectivity index (χ4n) is 2.85. The van der Waals surface area contributed by atoms with Crippen LogP contribution < -0.4 is 0 Å². The predicted molar refractivity (Wildman–Crippen MR) is 92.9 cm³/mol. The van der Waals surface area contributed by atoms with E-state index in [-0.39, 0.29) is 5.69 Å². The quantitative estimate of drug-likeness (QED) is 0.356. The molecule has 3 rings (SSSR count). The molecule has 0 atom stereocenters. The molecule has 0 N–H and O–H groups in total. The van der Waals surface area contributed by atoms with E-state index in [0.29, 0.717) is 11.3 Å². The number of benzene rings is 1. The maximum absolute atomic E-state index is 10.7. The van der Waals surface area contributed by atoms with Crippen LogP contribution in [0.25, 0.3) is 0 Å². The maximum Gasteiger partial charge on any atom is 0.269 e. The highest BCUT2D eigenvalue weighted by atomic mass is 32.2. The molecule has 6 heteroatoms. The molecule has 24 heavy (non-hydrogen) atoms. The molecule has 2 aromatic rings. The predicted octanol–water partition coefficient (Wildman–Crippen LogP) is 4.42. The van der Waals surface area contributed by atoms with Gasteiger partial charge >= 0.3 is 0 Å². The molecule has 122 valence electrons. The van der Waals surface area contributed by atoms with Crippen LogP contribution in [0.4, 0.5) is 5.69 Å². The molecule has 0 saturated carbocycles. The minimum atomic E-state index is -0.404. The summed E-state index contributed by atoms with van der Waals surface area (Å²) in [5, 5.41) is 20.9. The van der Waals surface area contributed by atoms with Gasteiger partial charge in [-0.05, 0) is 42.9 Å². The number of hydrogen-bond acceptors (Lipinski definition) is 5. The molecule has 0 spiro atoms. The first kappa shape index (κ1) is 16.5.